The number of hydrogen-bond donors (Lipinski definition) is 0. The smallest absolute Gasteiger partial charge is 0.262 e. The van der Waals surface area contributed by atoms with Gasteiger partial charge in [0.05, 0.1) is 11.7 Å². The molecule has 0 aliphatic rings. The lowest BCUT2D eigenvalue weighted by atomic mass is 10.0. The maximum atomic E-state index is 13.1. The van der Waals surface area contributed by atoms with Crippen LogP contribution in [-0.2, 0) is 6.54 Å². The molecule has 0 spiro atoms. The van der Waals surface area contributed by atoms with Gasteiger partial charge in [-0.3, -0.25) is 9.36 Å². The van der Waals surface area contributed by atoms with Gasteiger partial charge in [0.15, 0.2) is 0 Å². The van der Waals surface area contributed by atoms with Crippen molar-refractivity contribution in [2.24, 2.45) is 0 Å². The van der Waals surface area contributed by atoms with Crippen LogP contribution in [0.3, 0.4) is 0 Å². The fraction of sp³-hybridized carbons (Fsp3) is 0.294. The summed E-state index contributed by atoms with van der Waals surface area (Å²) in [6.07, 6.45) is 3.60. The molecule has 0 saturated carbocycles. The number of rotatable bonds is 4. The van der Waals surface area contributed by atoms with Crippen molar-refractivity contribution < 1.29 is 4.39 Å². The van der Waals surface area contributed by atoms with Crippen molar-refractivity contribution in [3.63, 3.8) is 0 Å². The largest absolute Gasteiger partial charge is 0.299 e. The molecule has 0 atom stereocenters. The van der Waals surface area contributed by atoms with Gasteiger partial charge in [-0.25, -0.2) is 9.37 Å². The standard InChI is InChI=1S/C17H17FN2OS/c1-3-4-9-20-10-19-16-15(17(20)21)14(11(2)22-16)12-5-7-13(18)8-6-12/h5-8,10H,3-4,9H2,1-2H3. The molecule has 2 aromatic heterocycles. The molecule has 0 saturated heterocycles. The van der Waals surface area contributed by atoms with Gasteiger partial charge in [-0.05, 0) is 31.0 Å². The van der Waals surface area contributed by atoms with Crippen LogP contribution < -0.4 is 5.56 Å². The predicted molar refractivity (Wildman–Crippen MR) is 88.9 cm³/mol. The Kier molecular flexibility index (Phi) is 4.07. The fourth-order valence-electron chi connectivity index (χ4n) is 2.59. The van der Waals surface area contributed by atoms with Crippen LogP contribution >= 0.6 is 11.3 Å². The summed E-state index contributed by atoms with van der Waals surface area (Å²) >= 11 is 1.51. The summed E-state index contributed by atoms with van der Waals surface area (Å²) in [5.41, 5.74) is 1.72. The third-order valence-electron chi connectivity index (χ3n) is 3.74. The Balaban J connectivity index is 2.23. The highest BCUT2D eigenvalue weighted by Gasteiger charge is 2.16. The molecule has 0 radical (unpaired) electrons. The first-order valence-electron chi connectivity index (χ1n) is 7.36. The van der Waals surface area contributed by atoms with E-state index in [0.29, 0.717) is 11.9 Å². The molecule has 3 aromatic rings. The molecule has 3 rings (SSSR count). The summed E-state index contributed by atoms with van der Waals surface area (Å²) in [4.78, 5) is 19.0. The number of unbranched alkanes of at least 4 members (excludes halogenated alkanes) is 1. The van der Waals surface area contributed by atoms with Gasteiger partial charge >= 0.3 is 0 Å². The van der Waals surface area contributed by atoms with Crippen LogP contribution in [0.2, 0.25) is 0 Å². The van der Waals surface area contributed by atoms with Gasteiger partial charge in [-0.15, -0.1) is 11.3 Å². The van der Waals surface area contributed by atoms with Crippen molar-refractivity contribution in [2.75, 3.05) is 0 Å². The Hall–Kier alpha value is -2.01. The van der Waals surface area contributed by atoms with E-state index in [4.69, 9.17) is 0 Å². The predicted octanol–water partition coefficient (Wildman–Crippen LogP) is 4.37. The maximum Gasteiger partial charge on any atom is 0.262 e. The number of thiophene rings is 1. The van der Waals surface area contributed by atoms with E-state index in [2.05, 4.69) is 11.9 Å². The second-order valence-electron chi connectivity index (χ2n) is 5.32. The van der Waals surface area contributed by atoms with E-state index >= 15 is 0 Å². The molecule has 0 aliphatic heterocycles. The van der Waals surface area contributed by atoms with Crippen LogP contribution in [0.5, 0.6) is 0 Å². The van der Waals surface area contributed by atoms with Crippen molar-refractivity contribution >= 4 is 21.6 Å². The van der Waals surface area contributed by atoms with Crippen LogP contribution in [0.15, 0.2) is 35.4 Å². The molecule has 114 valence electrons. The number of hydrogen-bond acceptors (Lipinski definition) is 3. The third kappa shape index (κ3) is 2.57. The van der Waals surface area contributed by atoms with Gasteiger partial charge in [0, 0.05) is 17.0 Å². The quantitative estimate of drug-likeness (QED) is 0.716. The zero-order valence-corrected chi connectivity index (χ0v) is 13.4. The van der Waals surface area contributed by atoms with Crippen LogP contribution in [0.25, 0.3) is 21.3 Å². The Morgan fingerprint density at radius 3 is 2.68 bits per heavy atom. The van der Waals surface area contributed by atoms with E-state index in [1.165, 1.54) is 23.5 Å². The lowest BCUT2D eigenvalue weighted by Crippen LogP contribution is -2.20. The molecule has 0 aliphatic carbocycles. The molecule has 0 N–H and O–H groups in total. The lowest BCUT2D eigenvalue weighted by molar-refractivity contribution is 0.609. The summed E-state index contributed by atoms with van der Waals surface area (Å²) in [7, 11) is 0. The normalized spacial score (nSPS) is 11.2. The molecule has 22 heavy (non-hydrogen) atoms. The molecular formula is C17H17FN2OS. The SMILES string of the molecule is CCCCn1cnc2sc(C)c(-c3ccc(F)cc3)c2c1=O. The minimum absolute atomic E-state index is 0.0119. The number of benzene rings is 1. The number of halogens is 1. The summed E-state index contributed by atoms with van der Waals surface area (Å²) in [6.45, 7) is 4.74. The Labute approximate surface area is 132 Å². The van der Waals surface area contributed by atoms with E-state index in [-0.39, 0.29) is 11.4 Å². The average Bonchev–Trinajstić information content (AvgIpc) is 2.85. The molecule has 0 unspecified atom stereocenters. The van der Waals surface area contributed by atoms with Crippen LogP contribution in [0, 0.1) is 12.7 Å². The molecule has 0 fully saturated rings. The molecule has 0 amide bonds. The molecular weight excluding hydrogens is 299 g/mol. The van der Waals surface area contributed by atoms with Gasteiger partial charge in [-0.1, -0.05) is 25.5 Å². The first-order chi connectivity index (χ1) is 10.6. The number of fused-ring (bicyclic) bond motifs is 1. The zero-order chi connectivity index (χ0) is 15.7. The maximum absolute atomic E-state index is 13.1. The molecule has 2 heterocycles. The zero-order valence-electron chi connectivity index (χ0n) is 12.6. The second-order valence-corrected chi connectivity index (χ2v) is 6.52. The molecule has 3 nitrogen and oxygen atoms in total. The van der Waals surface area contributed by atoms with Crippen molar-refractivity contribution in [3.05, 3.63) is 51.6 Å². The fourth-order valence-corrected chi connectivity index (χ4v) is 3.59. The Morgan fingerprint density at radius 2 is 2.00 bits per heavy atom. The van der Waals surface area contributed by atoms with Gasteiger partial charge in [-0.2, -0.15) is 0 Å². The second kappa shape index (κ2) is 6.01. The van der Waals surface area contributed by atoms with E-state index < -0.39 is 0 Å². The molecule has 0 bridgehead atoms. The molecule has 1 aromatic carbocycles. The lowest BCUT2D eigenvalue weighted by Gasteiger charge is -2.05. The van der Waals surface area contributed by atoms with Crippen LogP contribution in [0.4, 0.5) is 4.39 Å². The topological polar surface area (TPSA) is 34.9 Å². The van der Waals surface area contributed by atoms with Gasteiger partial charge in [0.2, 0.25) is 0 Å². The summed E-state index contributed by atoms with van der Waals surface area (Å²) in [5.74, 6) is -0.278. The highest BCUT2D eigenvalue weighted by Crippen LogP contribution is 2.35. The van der Waals surface area contributed by atoms with Crippen LogP contribution in [0.1, 0.15) is 24.6 Å². The van der Waals surface area contributed by atoms with E-state index in [9.17, 15) is 9.18 Å². The average molecular weight is 316 g/mol. The highest BCUT2D eigenvalue weighted by molar-refractivity contribution is 7.19. The van der Waals surface area contributed by atoms with Gasteiger partial charge in [0.1, 0.15) is 10.6 Å². The summed E-state index contributed by atoms with van der Waals surface area (Å²) < 4.78 is 14.8. The van der Waals surface area contributed by atoms with Crippen molar-refractivity contribution in [2.45, 2.75) is 33.2 Å². The molecule has 5 heteroatoms. The van der Waals surface area contributed by atoms with Crippen molar-refractivity contribution in [1.82, 2.24) is 9.55 Å². The Morgan fingerprint density at radius 1 is 1.27 bits per heavy atom. The van der Waals surface area contributed by atoms with Gasteiger partial charge < -0.3 is 0 Å². The number of aromatic nitrogens is 2. The van der Waals surface area contributed by atoms with E-state index in [1.54, 1.807) is 23.0 Å². The monoisotopic (exact) mass is 316 g/mol. The van der Waals surface area contributed by atoms with E-state index in [0.717, 1.165) is 33.7 Å². The third-order valence-corrected chi connectivity index (χ3v) is 4.75. The highest BCUT2D eigenvalue weighted by atomic mass is 32.1. The summed E-state index contributed by atoms with van der Waals surface area (Å²) in [6, 6.07) is 6.27. The van der Waals surface area contributed by atoms with Crippen molar-refractivity contribution in [1.29, 1.82) is 0 Å². The Bertz CT molecular complexity index is 865. The minimum Gasteiger partial charge on any atom is -0.299 e. The van der Waals surface area contributed by atoms with Crippen molar-refractivity contribution in [3.8, 4) is 11.1 Å². The summed E-state index contributed by atoms with van der Waals surface area (Å²) in [5, 5.41) is 0.646. The number of aryl methyl sites for hydroxylation is 2. The van der Waals surface area contributed by atoms with Crippen LogP contribution in [-0.4, -0.2) is 9.55 Å². The first kappa shape index (κ1) is 14.9. The van der Waals surface area contributed by atoms with Gasteiger partial charge in [0.25, 0.3) is 5.56 Å². The van der Waals surface area contributed by atoms with E-state index in [1.807, 2.05) is 6.92 Å². The minimum atomic E-state index is -0.278. The number of nitrogens with zero attached hydrogens (tertiary/aromatic N) is 2. The first-order valence-corrected chi connectivity index (χ1v) is 8.18.